The van der Waals surface area contributed by atoms with E-state index >= 15 is 0 Å². The van der Waals surface area contributed by atoms with Crippen LogP contribution in [0, 0.1) is 5.41 Å². The summed E-state index contributed by atoms with van der Waals surface area (Å²) in [4.78, 5) is 27.3. The number of nitrogens with one attached hydrogen (secondary N) is 1. The van der Waals surface area contributed by atoms with E-state index in [9.17, 15) is 9.59 Å². The summed E-state index contributed by atoms with van der Waals surface area (Å²) in [6.07, 6.45) is 4.21. The summed E-state index contributed by atoms with van der Waals surface area (Å²) in [5.41, 5.74) is -0.384. The normalized spacial score (nSPS) is 19.8. The van der Waals surface area contributed by atoms with Crippen LogP contribution in [-0.4, -0.2) is 41.3 Å². The fourth-order valence-electron chi connectivity index (χ4n) is 2.60. The first-order valence-corrected chi connectivity index (χ1v) is 7.81. The molecule has 1 aromatic rings. The number of ether oxygens (including phenoxy) is 2. The highest BCUT2D eigenvalue weighted by molar-refractivity contribution is 6.04. The Hall–Kier alpha value is -2.15. The number of aromatic nitrogens is 1. The molecule has 0 aromatic carbocycles. The average molecular weight is 320 g/mol. The number of rotatable bonds is 6. The van der Waals surface area contributed by atoms with Crippen molar-refractivity contribution in [3.63, 3.8) is 0 Å². The Labute approximate surface area is 134 Å². The molecule has 1 amide bonds. The van der Waals surface area contributed by atoms with Gasteiger partial charge in [-0.25, -0.2) is 4.98 Å². The highest BCUT2D eigenvalue weighted by atomic mass is 16.5. The number of hydrogen-bond acceptors (Lipinski definition) is 5. The molecule has 2 heterocycles. The van der Waals surface area contributed by atoms with E-state index in [0.717, 1.165) is 18.4 Å². The molecule has 0 spiro atoms. The van der Waals surface area contributed by atoms with Gasteiger partial charge in [-0.15, -0.1) is 0 Å². The van der Waals surface area contributed by atoms with Crippen LogP contribution in [0.4, 0.5) is 0 Å². The van der Waals surface area contributed by atoms with Crippen molar-refractivity contribution in [2.45, 2.75) is 38.3 Å². The third kappa shape index (κ3) is 3.61. The molecule has 1 aromatic heterocycles. The maximum atomic E-state index is 12.0. The van der Waals surface area contributed by atoms with Crippen molar-refractivity contribution < 1.29 is 24.2 Å². The molecule has 124 valence electrons. The molecule has 3 rings (SSSR count). The Balaban J connectivity index is 1.55. The van der Waals surface area contributed by atoms with E-state index in [1.54, 1.807) is 18.3 Å². The maximum absolute atomic E-state index is 12.0. The molecule has 1 aliphatic carbocycles. The first kappa shape index (κ1) is 15.7. The Morgan fingerprint density at radius 1 is 1.39 bits per heavy atom. The van der Waals surface area contributed by atoms with Crippen LogP contribution in [0.25, 0.3) is 0 Å². The summed E-state index contributed by atoms with van der Waals surface area (Å²) in [6.45, 7) is 1.65. The summed E-state index contributed by atoms with van der Waals surface area (Å²) < 4.78 is 11.1. The van der Waals surface area contributed by atoms with Crippen LogP contribution in [0.2, 0.25) is 0 Å². The smallest absolute Gasteiger partial charge is 0.319 e. The van der Waals surface area contributed by atoms with Crippen LogP contribution >= 0.6 is 0 Å². The third-order valence-corrected chi connectivity index (χ3v) is 4.30. The van der Waals surface area contributed by atoms with Crippen molar-refractivity contribution in [2.24, 2.45) is 5.41 Å². The van der Waals surface area contributed by atoms with Crippen molar-refractivity contribution in [3.05, 3.63) is 23.9 Å². The quantitative estimate of drug-likeness (QED) is 0.762. The molecule has 23 heavy (non-hydrogen) atoms. The summed E-state index contributed by atoms with van der Waals surface area (Å²) in [7, 11) is 0. The average Bonchev–Trinajstić information content (AvgIpc) is 3.36. The lowest BCUT2D eigenvalue weighted by molar-refractivity contribution is -0.149. The summed E-state index contributed by atoms with van der Waals surface area (Å²) in [5, 5.41) is 11.8. The Morgan fingerprint density at radius 3 is 2.78 bits per heavy atom. The fourth-order valence-corrected chi connectivity index (χ4v) is 2.60. The number of hydrogen-bond donors (Lipinski definition) is 2. The van der Waals surface area contributed by atoms with Gasteiger partial charge in [-0.3, -0.25) is 9.59 Å². The third-order valence-electron chi connectivity index (χ3n) is 4.30. The van der Waals surface area contributed by atoms with E-state index in [2.05, 4.69) is 10.3 Å². The molecule has 0 unspecified atom stereocenters. The van der Waals surface area contributed by atoms with Crippen molar-refractivity contribution in [1.82, 2.24) is 10.3 Å². The minimum atomic E-state index is -1.21. The van der Waals surface area contributed by atoms with Gasteiger partial charge in [0, 0.05) is 31.6 Å². The molecule has 2 N–H and O–H groups in total. The van der Waals surface area contributed by atoms with E-state index in [1.165, 1.54) is 0 Å². The van der Waals surface area contributed by atoms with Gasteiger partial charge in [-0.1, -0.05) is 0 Å². The van der Waals surface area contributed by atoms with Crippen LogP contribution in [0.3, 0.4) is 0 Å². The topological polar surface area (TPSA) is 97.8 Å². The predicted octanol–water partition coefficient (Wildman–Crippen LogP) is 1.12. The van der Waals surface area contributed by atoms with Crippen LogP contribution < -0.4 is 10.1 Å². The molecule has 2 aliphatic rings. The van der Waals surface area contributed by atoms with E-state index in [4.69, 9.17) is 14.6 Å². The number of carboxylic acids is 1. The van der Waals surface area contributed by atoms with Gasteiger partial charge in [-0.2, -0.15) is 0 Å². The van der Waals surface area contributed by atoms with E-state index in [1.807, 2.05) is 0 Å². The van der Waals surface area contributed by atoms with Gasteiger partial charge in [0.1, 0.15) is 11.5 Å². The van der Waals surface area contributed by atoms with E-state index in [0.29, 0.717) is 31.9 Å². The van der Waals surface area contributed by atoms with Crippen LogP contribution in [-0.2, 0) is 20.9 Å². The zero-order chi connectivity index (χ0) is 16.3. The second-order valence-corrected chi connectivity index (χ2v) is 6.00. The van der Waals surface area contributed by atoms with Crippen LogP contribution in [0.15, 0.2) is 18.3 Å². The van der Waals surface area contributed by atoms with Crippen molar-refractivity contribution in [1.29, 1.82) is 0 Å². The Morgan fingerprint density at radius 2 is 2.13 bits per heavy atom. The Bertz CT molecular complexity index is 594. The molecule has 2 fully saturated rings. The van der Waals surface area contributed by atoms with Gasteiger partial charge in [0.15, 0.2) is 0 Å². The lowest BCUT2D eigenvalue weighted by Crippen LogP contribution is -2.36. The van der Waals surface area contributed by atoms with Gasteiger partial charge in [0.2, 0.25) is 11.8 Å². The predicted molar refractivity (Wildman–Crippen MR) is 79.9 cm³/mol. The number of carboxylic acid groups (broad SMARTS) is 1. The fraction of sp³-hybridized carbons (Fsp3) is 0.562. The molecular weight excluding hydrogens is 300 g/mol. The summed E-state index contributed by atoms with van der Waals surface area (Å²) in [6, 6.07) is 3.55. The van der Waals surface area contributed by atoms with Crippen LogP contribution in [0.1, 0.15) is 31.2 Å². The van der Waals surface area contributed by atoms with E-state index < -0.39 is 17.3 Å². The maximum Gasteiger partial charge on any atom is 0.319 e. The number of pyridine rings is 1. The second-order valence-electron chi connectivity index (χ2n) is 6.00. The SMILES string of the molecule is O=C(O)C1(C(=O)NCc2ccnc(OC3CCOCC3)c2)CC1. The molecular formula is C16H20N2O5. The van der Waals surface area contributed by atoms with Crippen molar-refractivity contribution in [2.75, 3.05) is 13.2 Å². The standard InChI is InChI=1S/C16H20N2O5/c19-14(16(4-5-16)15(20)21)18-10-11-1-6-17-13(9-11)23-12-2-7-22-8-3-12/h1,6,9,12H,2-5,7-8,10H2,(H,18,19)(H,20,21). The zero-order valence-electron chi connectivity index (χ0n) is 12.8. The Kier molecular flexibility index (Phi) is 4.47. The highest BCUT2D eigenvalue weighted by Gasteiger charge is 2.56. The molecule has 1 saturated carbocycles. The molecule has 0 bridgehead atoms. The first-order valence-electron chi connectivity index (χ1n) is 7.81. The molecule has 7 nitrogen and oxygen atoms in total. The minimum Gasteiger partial charge on any atom is -0.480 e. The largest absolute Gasteiger partial charge is 0.480 e. The van der Waals surface area contributed by atoms with Crippen molar-refractivity contribution in [3.8, 4) is 5.88 Å². The summed E-state index contributed by atoms with van der Waals surface area (Å²) >= 11 is 0. The van der Waals surface area contributed by atoms with Gasteiger partial charge in [0.05, 0.1) is 13.2 Å². The lowest BCUT2D eigenvalue weighted by Gasteiger charge is -2.22. The van der Waals surface area contributed by atoms with Crippen molar-refractivity contribution >= 4 is 11.9 Å². The van der Waals surface area contributed by atoms with Gasteiger partial charge < -0.3 is 19.9 Å². The first-order chi connectivity index (χ1) is 11.1. The number of nitrogens with zero attached hydrogens (tertiary/aromatic N) is 1. The monoisotopic (exact) mass is 320 g/mol. The number of aliphatic carboxylic acids is 1. The highest BCUT2D eigenvalue weighted by Crippen LogP contribution is 2.46. The number of carbonyl (C=O) groups excluding carboxylic acids is 1. The number of carbonyl (C=O) groups is 2. The molecule has 1 saturated heterocycles. The minimum absolute atomic E-state index is 0.0998. The zero-order valence-corrected chi connectivity index (χ0v) is 12.8. The second kappa shape index (κ2) is 6.54. The van der Waals surface area contributed by atoms with Gasteiger partial charge in [0.25, 0.3) is 0 Å². The molecule has 1 aliphatic heterocycles. The van der Waals surface area contributed by atoms with E-state index in [-0.39, 0.29) is 12.6 Å². The van der Waals surface area contributed by atoms with Crippen LogP contribution in [0.5, 0.6) is 5.88 Å². The molecule has 7 heteroatoms. The summed E-state index contributed by atoms with van der Waals surface area (Å²) in [5.74, 6) is -0.954. The van der Waals surface area contributed by atoms with Gasteiger partial charge >= 0.3 is 5.97 Å². The van der Waals surface area contributed by atoms with Gasteiger partial charge in [-0.05, 0) is 24.5 Å². The lowest BCUT2D eigenvalue weighted by atomic mass is 10.1. The molecule has 0 atom stereocenters. The number of amides is 1. The molecule has 0 radical (unpaired) electrons.